The predicted molar refractivity (Wildman–Crippen MR) is 92.8 cm³/mol. The molecular weight excluding hydrogens is 286 g/mol. The summed E-state index contributed by atoms with van der Waals surface area (Å²) in [6.07, 6.45) is 0. The van der Waals surface area contributed by atoms with Crippen LogP contribution in [0.15, 0.2) is 78.9 Å². The zero-order valence-electron chi connectivity index (χ0n) is 12.8. The SMILES string of the molecule is COc1ccc(NC(=O)c2cccc(-c3ccccc3)c2)cc1. The molecule has 0 radical (unpaired) electrons. The van der Waals surface area contributed by atoms with Crippen molar-refractivity contribution >= 4 is 11.6 Å². The van der Waals surface area contributed by atoms with Crippen molar-refractivity contribution in [2.24, 2.45) is 0 Å². The molecule has 1 N–H and O–H groups in total. The van der Waals surface area contributed by atoms with E-state index < -0.39 is 0 Å². The first kappa shape index (κ1) is 14.9. The number of methoxy groups -OCH3 is 1. The van der Waals surface area contributed by atoms with Crippen molar-refractivity contribution in [3.05, 3.63) is 84.4 Å². The van der Waals surface area contributed by atoms with Crippen molar-refractivity contribution < 1.29 is 9.53 Å². The summed E-state index contributed by atoms with van der Waals surface area (Å²) in [5.41, 5.74) is 3.47. The van der Waals surface area contributed by atoms with Crippen molar-refractivity contribution in [1.29, 1.82) is 0 Å². The lowest BCUT2D eigenvalue weighted by Gasteiger charge is -2.08. The Kier molecular flexibility index (Phi) is 4.39. The van der Waals surface area contributed by atoms with Gasteiger partial charge in [-0.15, -0.1) is 0 Å². The molecule has 3 rings (SSSR count). The van der Waals surface area contributed by atoms with Gasteiger partial charge in [-0.05, 0) is 47.5 Å². The molecule has 0 spiro atoms. The standard InChI is InChI=1S/C20H17NO2/c1-23-19-12-10-18(11-13-19)21-20(22)17-9-5-8-16(14-17)15-6-3-2-4-7-15/h2-14H,1H3,(H,21,22). The van der Waals surface area contributed by atoms with Gasteiger partial charge < -0.3 is 10.1 Å². The molecule has 0 saturated carbocycles. The van der Waals surface area contributed by atoms with E-state index in [0.717, 1.165) is 22.6 Å². The highest BCUT2D eigenvalue weighted by atomic mass is 16.5. The first-order valence-corrected chi connectivity index (χ1v) is 7.37. The van der Waals surface area contributed by atoms with Gasteiger partial charge in [0.1, 0.15) is 5.75 Å². The second-order valence-corrected chi connectivity index (χ2v) is 5.13. The summed E-state index contributed by atoms with van der Waals surface area (Å²) in [4.78, 5) is 12.4. The monoisotopic (exact) mass is 303 g/mol. The van der Waals surface area contributed by atoms with E-state index in [1.165, 1.54) is 0 Å². The first-order chi connectivity index (χ1) is 11.3. The van der Waals surface area contributed by atoms with Crippen LogP contribution in [-0.4, -0.2) is 13.0 Å². The van der Waals surface area contributed by atoms with E-state index in [-0.39, 0.29) is 5.91 Å². The number of carbonyl (C=O) groups is 1. The van der Waals surface area contributed by atoms with Gasteiger partial charge in [0.15, 0.2) is 0 Å². The number of nitrogens with one attached hydrogen (secondary N) is 1. The number of hydrogen-bond donors (Lipinski definition) is 1. The van der Waals surface area contributed by atoms with Gasteiger partial charge >= 0.3 is 0 Å². The summed E-state index contributed by atoms with van der Waals surface area (Å²) >= 11 is 0. The van der Waals surface area contributed by atoms with Crippen LogP contribution >= 0.6 is 0 Å². The summed E-state index contributed by atoms with van der Waals surface area (Å²) in [6.45, 7) is 0. The van der Waals surface area contributed by atoms with E-state index in [4.69, 9.17) is 4.74 Å². The van der Waals surface area contributed by atoms with Gasteiger partial charge in [0.05, 0.1) is 7.11 Å². The van der Waals surface area contributed by atoms with Crippen LogP contribution in [0.1, 0.15) is 10.4 Å². The largest absolute Gasteiger partial charge is 0.497 e. The molecule has 0 atom stereocenters. The number of rotatable bonds is 4. The van der Waals surface area contributed by atoms with E-state index in [9.17, 15) is 4.79 Å². The third-order valence-electron chi connectivity index (χ3n) is 3.58. The van der Waals surface area contributed by atoms with Crippen LogP contribution in [0, 0.1) is 0 Å². The number of ether oxygens (including phenoxy) is 1. The molecule has 0 aliphatic carbocycles. The average Bonchev–Trinajstić information content (AvgIpc) is 2.63. The second kappa shape index (κ2) is 6.79. The highest BCUT2D eigenvalue weighted by molar-refractivity contribution is 6.05. The molecule has 0 fully saturated rings. The van der Waals surface area contributed by atoms with Gasteiger partial charge in [0.25, 0.3) is 5.91 Å². The maximum absolute atomic E-state index is 12.4. The van der Waals surface area contributed by atoms with Crippen molar-refractivity contribution in [3.8, 4) is 16.9 Å². The molecule has 0 bridgehead atoms. The Morgan fingerprint density at radius 2 is 1.52 bits per heavy atom. The third kappa shape index (κ3) is 3.58. The highest BCUT2D eigenvalue weighted by Crippen LogP contribution is 2.21. The lowest BCUT2D eigenvalue weighted by atomic mass is 10.0. The van der Waals surface area contributed by atoms with Crippen molar-refractivity contribution in [2.45, 2.75) is 0 Å². The minimum atomic E-state index is -0.132. The Morgan fingerprint density at radius 3 is 2.22 bits per heavy atom. The third-order valence-corrected chi connectivity index (χ3v) is 3.58. The second-order valence-electron chi connectivity index (χ2n) is 5.13. The molecule has 0 unspecified atom stereocenters. The fraction of sp³-hybridized carbons (Fsp3) is 0.0500. The Labute approximate surface area is 135 Å². The van der Waals surface area contributed by atoms with Crippen LogP contribution in [0.25, 0.3) is 11.1 Å². The minimum Gasteiger partial charge on any atom is -0.497 e. The molecule has 114 valence electrons. The number of benzene rings is 3. The average molecular weight is 303 g/mol. The molecule has 3 aromatic rings. The quantitative estimate of drug-likeness (QED) is 0.764. The summed E-state index contributed by atoms with van der Waals surface area (Å²) in [7, 11) is 1.61. The molecular formula is C20H17NO2. The van der Waals surface area contributed by atoms with Crippen LogP contribution in [0.3, 0.4) is 0 Å². The molecule has 23 heavy (non-hydrogen) atoms. The van der Waals surface area contributed by atoms with Crippen molar-refractivity contribution in [3.63, 3.8) is 0 Å². The molecule has 3 heteroatoms. The Hall–Kier alpha value is -3.07. The van der Waals surface area contributed by atoms with Gasteiger partial charge in [0.2, 0.25) is 0 Å². The Balaban J connectivity index is 1.79. The molecule has 0 heterocycles. The minimum absolute atomic E-state index is 0.132. The maximum atomic E-state index is 12.4. The lowest BCUT2D eigenvalue weighted by Crippen LogP contribution is -2.11. The zero-order valence-corrected chi connectivity index (χ0v) is 12.8. The van der Waals surface area contributed by atoms with E-state index in [2.05, 4.69) is 5.32 Å². The number of amides is 1. The van der Waals surface area contributed by atoms with Gasteiger partial charge in [-0.1, -0.05) is 42.5 Å². The fourth-order valence-corrected chi connectivity index (χ4v) is 2.35. The van der Waals surface area contributed by atoms with Crippen LogP contribution in [0.4, 0.5) is 5.69 Å². The van der Waals surface area contributed by atoms with Crippen LogP contribution in [0.5, 0.6) is 5.75 Å². The summed E-state index contributed by atoms with van der Waals surface area (Å²) < 4.78 is 5.11. The maximum Gasteiger partial charge on any atom is 0.255 e. The molecule has 0 aliphatic heterocycles. The van der Waals surface area contributed by atoms with Crippen LogP contribution in [-0.2, 0) is 0 Å². The zero-order chi connectivity index (χ0) is 16.1. The molecule has 0 aromatic heterocycles. The van der Waals surface area contributed by atoms with Crippen LogP contribution < -0.4 is 10.1 Å². The van der Waals surface area contributed by atoms with E-state index in [1.807, 2.05) is 78.9 Å². The normalized spacial score (nSPS) is 10.1. The van der Waals surface area contributed by atoms with Gasteiger partial charge in [-0.2, -0.15) is 0 Å². The Bertz CT molecular complexity index is 795. The molecule has 3 nitrogen and oxygen atoms in total. The van der Waals surface area contributed by atoms with Gasteiger partial charge in [-0.25, -0.2) is 0 Å². The smallest absolute Gasteiger partial charge is 0.255 e. The van der Waals surface area contributed by atoms with Gasteiger partial charge in [-0.3, -0.25) is 4.79 Å². The Morgan fingerprint density at radius 1 is 0.826 bits per heavy atom. The van der Waals surface area contributed by atoms with E-state index in [0.29, 0.717) is 5.56 Å². The number of carbonyl (C=O) groups excluding carboxylic acids is 1. The number of hydrogen-bond acceptors (Lipinski definition) is 2. The fourth-order valence-electron chi connectivity index (χ4n) is 2.35. The van der Waals surface area contributed by atoms with E-state index in [1.54, 1.807) is 7.11 Å². The molecule has 1 amide bonds. The highest BCUT2D eigenvalue weighted by Gasteiger charge is 2.07. The van der Waals surface area contributed by atoms with Crippen LogP contribution in [0.2, 0.25) is 0 Å². The van der Waals surface area contributed by atoms with Gasteiger partial charge in [0, 0.05) is 11.3 Å². The molecule has 0 aliphatic rings. The lowest BCUT2D eigenvalue weighted by molar-refractivity contribution is 0.102. The van der Waals surface area contributed by atoms with Crippen molar-refractivity contribution in [1.82, 2.24) is 0 Å². The van der Waals surface area contributed by atoms with E-state index >= 15 is 0 Å². The van der Waals surface area contributed by atoms with Crippen molar-refractivity contribution in [2.75, 3.05) is 12.4 Å². The molecule has 0 saturated heterocycles. The first-order valence-electron chi connectivity index (χ1n) is 7.37. The predicted octanol–water partition coefficient (Wildman–Crippen LogP) is 4.61. The topological polar surface area (TPSA) is 38.3 Å². The summed E-state index contributed by atoms with van der Waals surface area (Å²) in [5.74, 6) is 0.627. The summed E-state index contributed by atoms with van der Waals surface area (Å²) in [6, 6.07) is 24.9. The summed E-state index contributed by atoms with van der Waals surface area (Å²) in [5, 5.41) is 2.89. The number of anilines is 1. The molecule has 3 aromatic carbocycles.